The lowest BCUT2D eigenvalue weighted by Crippen LogP contribution is -2.56. The highest BCUT2D eigenvalue weighted by atomic mass is 16.5. The fraction of sp³-hybridized carbons (Fsp3) is 0.917. The first-order valence-corrected chi connectivity index (χ1v) is 6.30. The van der Waals surface area contributed by atoms with Gasteiger partial charge in [-0.3, -0.25) is 9.69 Å². The van der Waals surface area contributed by atoms with Gasteiger partial charge in [0, 0.05) is 18.6 Å². The van der Waals surface area contributed by atoms with Gasteiger partial charge in [0.05, 0.1) is 18.8 Å². The SMILES string of the molecule is CCC1COCCN1C(C)CC(C)(N)C(N)=O. The third-order valence-corrected chi connectivity index (χ3v) is 3.59. The van der Waals surface area contributed by atoms with Crippen LogP contribution in [0.25, 0.3) is 0 Å². The molecule has 1 amide bonds. The normalized spacial score (nSPS) is 27.4. The van der Waals surface area contributed by atoms with Crippen LogP contribution in [-0.4, -0.2) is 48.2 Å². The first-order chi connectivity index (χ1) is 7.88. The Kier molecular flexibility index (Phi) is 4.91. The number of amides is 1. The van der Waals surface area contributed by atoms with E-state index in [1.165, 1.54) is 0 Å². The van der Waals surface area contributed by atoms with Gasteiger partial charge in [-0.05, 0) is 26.7 Å². The zero-order chi connectivity index (χ0) is 13.1. The summed E-state index contributed by atoms with van der Waals surface area (Å²) in [6, 6.07) is 0.661. The Balaban J connectivity index is 2.61. The molecular weight excluding hydrogens is 218 g/mol. The van der Waals surface area contributed by atoms with Crippen molar-refractivity contribution in [2.75, 3.05) is 19.8 Å². The average Bonchev–Trinajstić information content (AvgIpc) is 2.28. The van der Waals surface area contributed by atoms with Crippen molar-refractivity contribution in [1.29, 1.82) is 0 Å². The number of morpholine rings is 1. The molecule has 0 aromatic heterocycles. The minimum absolute atomic E-state index is 0.242. The van der Waals surface area contributed by atoms with Gasteiger partial charge >= 0.3 is 0 Å². The van der Waals surface area contributed by atoms with Crippen molar-refractivity contribution >= 4 is 5.91 Å². The molecule has 1 saturated heterocycles. The van der Waals surface area contributed by atoms with E-state index in [0.29, 0.717) is 12.5 Å². The van der Waals surface area contributed by atoms with Gasteiger partial charge in [-0.1, -0.05) is 6.92 Å². The third kappa shape index (κ3) is 3.66. The first-order valence-electron chi connectivity index (χ1n) is 6.30. The van der Waals surface area contributed by atoms with Crippen LogP contribution in [0.4, 0.5) is 0 Å². The molecule has 17 heavy (non-hydrogen) atoms. The Morgan fingerprint density at radius 2 is 2.29 bits per heavy atom. The van der Waals surface area contributed by atoms with Crippen molar-refractivity contribution in [3.05, 3.63) is 0 Å². The molecule has 0 aliphatic carbocycles. The number of hydrogen-bond donors (Lipinski definition) is 2. The smallest absolute Gasteiger partial charge is 0.237 e. The quantitative estimate of drug-likeness (QED) is 0.716. The number of ether oxygens (including phenoxy) is 1. The molecule has 4 N–H and O–H groups in total. The molecule has 0 aromatic rings. The summed E-state index contributed by atoms with van der Waals surface area (Å²) >= 11 is 0. The molecule has 0 bridgehead atoms. The number of rotatable bonds is 5. The monoisotopic (exact) mass is 243 g/mol. The summed E-state index contributed by atoms with van der Waals surface area (Å²) in [6.07, 6.45) is 1.63. The fourth-order valence-electron chi connectivity index (χ4n) is 2.43. The zero-order valence-electron chi connectivity index (χ0n) is 11.1. The van der Waals surface area contributed by atoms with Crippen LogP contribution < -0.4 is 11.5 Å². The molecule has 0 spiro atoms. The van der Waals surface area contributed by atoms with Gasteiger partial charge in [0.2, 0.25) is 5.91 Å². The van der Waals surface area contributed by atoms with Crippen molar-refractivity contribution in [2.45, 2.75) is 51.2 Å². The van der Waals surface area contributed by atoms with Crippen LogP contribution in [-0.2, 0) is 9.53 Å². The first kappa shape index (κ1) is 14.4. The minimum atomic E-state index is -0.935. The third-order valence-electron chi connectivity index (χ3n) is 3.59. The summed E-state index contributed by atoms with van der Waals surface area (Å²) in [7, 11) is 0. The van der Waals surface area contributed by atoms with E-state index in [0.717, 1.165) is 26.2 Å². The molecule has 3 atom stereocenters. The van der Waals surface area contributed by atoms with E-state index < -0.39 is 11.4 Å². The number of carbonyl (C=O) groups excluding carboxylic acids is 1. The molecule has 5 nitrogen and oxygen atoms in total. The van der Waals surface area contributed by atoms with E-state index in [4.69, 9.17) is 16.2 Å². The van der Waals surface area contributed by atoms with Crippen molar-refractivity contribution in [2.24, 2.45) is 11.5 Å². The van der Waals surface area contributed by atoms with E-state index in [9.17, 15) is 4.79 Å². The van der Waals surface area contributed by atoms with Gasteiger partial charge in [-0.15, -0.1) is 0 Å². The summed E-state index contributed by atoms with van der Waals surface area (Å²) in [4.78, 5) is 13.6. The maximum absolute atomic E-state index is 11.2. The highest BCUT2D eigenvalue weighted by Gasteiger charge is 2.33. The Morgan fingerprint density at radius 3 is 2.82 bits per heavy atom. The molecule has 1 rings (SSSR count). The maximum Gasteiger partial charge on any atom is 0.237 e. The summed E-state index contributed by atoms with van der Waals surface area (Å²) < 4.78 is 5.47. The lowest BCUT2D eigenvalue weighted by molar-refractivity contribution is -0.123. The molecule has 3 unspecified atom stereocenters. The molecule has 0 aromatic carbocycles. The number of primary amides is 1. The van der Waals surface area contributed by atoms with Gasteiger partial charge in [0.15, 0.2) is 0 Å². The predicted octanol–water partition coefficient (Wildman–Crippen LogP) is 0.0785. The van der Waals surface area contributed by atoms with Crippen molar-refractivity contribution in [3.8, 4) is 0 Å². The molecule has 5 heteroatoms. The topological polar surface area (TPSA) is 81.6 Å². The van der Waals surface area contributed by atoms with E-state index in [1.54, 1.807) is 6.92 Å². The Labute approximate surface area is 103 Å². The Hall–Kier alpha value is -0.650. The zero-order valence-corrected chi connectivity index (χ0v) is 11.1. The molecule has 1 aliphatic heterocycles. The minimum Gasteiger partial charge on any atom is -0.378 e. The van der Waals surface area contributed by atoms with Crippen LogP contribution in [0.2, 0.25) is 0 Å². The lowest BCUT2D eigenvalue weighted by Gasteiger charge is -2.41. The van der Waals surface area contributed by atoms with Crippen LogP contribution in [0.1, 0.15) is 33.6 Å². The molecule has 1 heterocycles. The summed E-state index contributed by atoms with van der Waals surface area (Å²) in [5.41, 5.74) is 10.3. The molecule has 1 fully saturated rings. The molecular formula is C12H25N3O2. The molecule has 100 valence electrons. The van der Waals surface area contributed by atoms with Gasteiger partial charge in [-0.2, -0.15) is 0 Å². The highest BCUT2D eigenvalue weighted by molar-refractivity contribution is 5.83. The van der Waals surface area contributed by atoms with E-state index in [2.05, 4.69) is 18.7 Å². The second-order valence-corrected chi connectivity index (χ2v) is 5.21. The van der Waals surface area contributed by atoms with Gasteiger partial charge in [0.25, 0.3) is 0 Å². The number of carbonyl (C=O) groups is 1. The second kappa shape index (κ2) is 5.80. The van der Waals surface area contributed by atoms with Crippen molar-refractivity contribution in [1.82, 2.24) is 4.90 Å². The van der Waals surface area contributed by atoms with Crippen LogP contribution in [0.5, 0.6) is 0 Å². The van der Waals surface area contributed by atoms with E-state index in [1.807, 2.05) is 0 Å². The predicted molar refractivity (Wildman–Crippen MR) is 67.5 cm³/mol. The van der Waals surface area contributed by atoms with Crippen LogP contribution >= 0.6 is 0 Å². The van der Waals surface area contributed by atoms with Crippen LogP contribution in [0, 0.1) is 0 Å². The van der Waals surface area contributed by atoms with Crippen LogP contribution in [0.15, 0.2) is 0 Å². The van der Waals surface area contributed by atoms with Crippen LogP contribution in [0.3, 0.4) is 0 Å². The molecule has 0 saturated carbocycles. The molecule has 1 aliphatic rings. The summed E-state index contributed by atoms with van der Waals surface area (Å²) in [5.74, 6) is -0.439. The number of hydrogen-bond acceptors (Lipinski definition) is 4. The van der Waals surface area contributed by atoms with Gasteiger partial charge in [-0.25, -0.2) is 0 Å². The standard InChI is InChI=1S/C12H25N3O2/c1-4-10-8-17-6-5-15(10)9(2)7-12(3,14)11(13)16/h9-10H,4-8,14H2,1-3H3,(H2,13,16). The van der Waals surface area contributed by atoms with Gasteiger partial charge in [0.1, 0.15) is 0 Å². The number of nitrogens with two attached hydrogens (primary N) is 2. The van der Waals surface area contributed by atoms with Crippen molar-refractivity contribution < 1.29 is 9.53 Å². The summed E-state index contributed by atoms with van der Waals surface area (Å²) in [5, 5.41) is 0. The Bertz CT molecular complexity index is 268. The Morgan fingerprint density at radius 1 is 1.65 bits per heavy atom. The number of nitrogens with zero attached hydrogens (tertiary/aromatic N) is 1. The largest absolute Gasteiger partial charge is 0.378 e. The lowest BCUT2D eigenvalue weighted by atomic mass is 9.92. The fourth-order valence-corrected chi connectivity index (χ4v) is 2.43. The van der Waals surface area contributed by atoms with Crippen molar-refractivity contribution in [3.63, 3.8) is 0 Å². The van der Waals surface area contributed by atoms with E-state index >= 15 is 0 Å². The highest BCUT2D eigenvalue weighted by Crippen LogP contribution is 2.19. The summed E-state index contributed by atoms with van der Waals surface area (Å²) in [6.45, 7) is 8.36. The second-order valence-electron chi connectivity index (χ2n) is 5.21. The van der Waals surface area contributed by atoms with E-state index in [-0.39, 0.29) is 6.04 Å². The van der Waals surface area contributed by atoms with Gasteiger partial charge < -0.3 is 16.2 Å². The maximum atomic E-state index is 11.2. The molecule has 0 radical (unpaired) electrons. The average molecular weight is 243 g/mol.